The van der Waals surface area contributed by atoms with Gasteiger partial charge in [-0.2, -0.15) is 0 Å². The number of phosphoric ester groups is 1. The summed E-state index contributed by atoms with van der Waals surface area (Å²) < 4.78 is 16.5. The highest BCUT2D eigenvalue weighted by Gasteiger charge is 2.47. The number of fused-ring (bicyclic) bond motifs is 2. The van der Waals surface area contributed by atoms with E-state index in [0.29, 0.717) is 17.3 Å². The van der Waals surface area contributed by atoms with Gasteiger partial charge in [0.1, 0.15) is 0 Å². The second kappa shape index (κ2) is 6.89. The molecule has 1 saturated heterocycles. The Bertz CT molecular complexity index is 686. The molecule has 1 heterocycles. The minimum absolute atomic E-state index is 0.0363. The summed E-state index contributed by atoms with van der Waals surface area (Å²) in [6.07, 6.45) is 4.18. The molecule has 4 atom stereocenters. The maximum absolute atomic E-state index is 11.2. The molecule has 1 aliphatic heterocycles. The van der Waals surface area contributed by atoms with Gasteiger partial charge >= 0.3 is 0 Å². The summed E-state index contributed by atoms with van der Waals surface area (Å²) in [6, 6.07) is 3.51. The molecule has 0 bridgehead atoms. The molecule has 25 heavy (non-hydrogen) atoms. The fourth-order valence-electron chi connectivity index (χ4n) is 4.78. The van der Waals surface area contributed by atoms with Crippen LogP contribution in [0, 0.1) is 5.92 Å². The van der Waals surface area contributed by atoms with Crippen LogP contribution in [0.2, 0.25) is 0 Å². The fourth-order valence-corrected chi connectivity index (χ4v) is 5.16. The number of rotatable bonds is 5. The molecule has 3 rings (SSSR count). The number of benzene rings is 1. The maximum Gasteiger partial charge on any atom is 0.269 e. The highest BCUT2D eigenvalue weighted by molar-refractivity contribution is 7.44. The second-order valence-electron chi connectivity index (χ2n) is 7.34. The van der Waals surface area contributed by atoms with E-state index in [1.807, 2.05) is 6.07 Å². The Kier molecular flexibility index (Phi) is 5.15. The minimum Gasteiger partial charge on any atom is -0.756 e. The number of quaternary nitrogens is 1. The molecule has 0 aromatic heterocycles. The third-order valence-corrected chi connectivity index (χ3v) is 6.27. The van der Waals surface area contributed by atoms with E-state index >= 15 is 0 Å². The van der Waals surface area contributed by atoms with E-state index in [1.54, 1.807) is 0 Å². The molecule has 8 heteroatoms. The highest BCUT2D eigenvalue weighted by Crippen LogP contribution is 2.45. The summed E-state index contributed by atoms with van der Waals surface area (Å²) in [5.74, 6) is 0.151. The zero-order valence-corrected chi connectivity index (χ0v) is 15.3. The Balaban J connectivity index is 1.93. The van der Waals surface area contributed by atoms with Crippen molar-refractivity contribution < 1.29 is 33.6 Å². The summed E-state index contributed by atoms with van der Waals surface area (Å²) in [6.45, 7) is 3.60. The molecule has 1 unspecified atom stereocenters. The molecule has 1 aromatic rings. The van der Waals surface area contributed by atoms with Crippen LogP contribution in [0.15, 0.2) is 12.1 Å². The maximum atomic E-state index is 11.2. The van der Waals surface area contributed by atoms with Crippen LogP contribution in [-0.4, -0.2) is 45.5 Å². The van der Waals surface area contributed by atoms with Crippen LogP contribution in [-0.2, 0) is 21.9 Å². The summed E-state index contributed by atoms with van der Waals surface area (Å²) in [5.41, 5.74) is 1.79. The summed E-state index contributed by atoms with van der Waals surface area (Å²) >= 11 is 0. The average Bonchev–Trinajstić information content (AvgIpc) is 2.56. The smallest absolute Gasteiger partial charge is 0.269 e. The molecular weight excluding hydrogens is 345 g/mol. The van der Waals surface area contributed by atoms with Crippen molar-refractivity contribution in [3.63, 3.8) is 0 Å². The van der Waals surface area contributed by atoms with Gasteiger partial charge in [0.25, 0.3) is 7.82 Å². The third kappa shape index (κ3) is 3.71. The molecule has 1 aromatic carbocycles. The zero-order valence-electron chi connectivity index (χ0n) is 14.4. The van der Waals surface area contributed by atoms with Crippen LogP contribution in [0.5, 0.6) is 11.5 Å². The Morgan fingerprint density at radius 3 is 2.80 bits per heavy atom. The lowest BCUT2D eigenvalue weighted by atomic mass is 9.73. The van der Waals surface area contributed by atoms with E-state index in [4.69, 9.17) is 9.42 Å². The van der Waals surface area contributed by atoms with Gasteiger partial charge in [0.15, 0.2) is 18.2 Å². The van der Waals surface area contributed by atoms with Gasteiger partial charge in [0.2, 0.25) is 0 Å². The van der Waals surface area contributed by atoms with Crippen LogP contribution >= 0.6 is 7.82 Å². The number of aromatic hydroxyl groups is 2. The van der Waals surface area contributed by atoms with Crippen molar-refractivity contribution in [1.82, 2.24) is 0 Å². The Morgan fingerprint density at radius 1 is 1.36 bits per heavy atom. The topological polar surface area (TPSA) is 110 Å². The standard InChI is InChI=1S/C17H26NO6P/c1-2-7-18(11-24-25(21,22)23)8-3-4-13-9-14-12(10-15(13)18)5-6-16(19)17(14)20/h5-6,13,15H,2-4,7-11H2,1H3,(H3-,19,20,21,22,23)/t13-,15-,18-/m1/s1. The first-order valence-electron chi connectivity index (χ1n) is 8.82. The van der Waals surface area contributed by atoms with Gasteiger partial charge in [0, 0.05) is 17.9 Å². The summed E-state index contributed by atoms with van der Waals surface area (Å²) in [5, 5.41) is 20.0. The van der Waals surface area contributed by atoms with E-state index in [-0.39, 0.29) is 30.2 Å². The van der Waals surface area contributed by atoms with Crippen molar-refractivity contribution in [3.05, 3.63) is 23.3 Å². The zero-order chi connectivity index (χ0) is 18.2. The van der Waals surface area contributed by atoms with Crippen molar-refractivity contribution in [1.29, 1.82) is 0 Å². The van der Waals surface area contributed by atoms with Crippen molar-refractivity contribution in [3.8, 4) is 11.5 Å². The number of phenols is 2. The number of phosphoric acid groups is 1. The molecule has 0 saturated carbocycles. The van der Waals surface area contributed by atoms with E-state index in [2.05, 4.69) is 6.92 Å². The lowest BCUT2D eigenvalue weighted by Gasteiger charge is -2.52. The molecule has 2 aliphatic rings. The van der Waals surface area contributed by atoms with E-state index in [0.717, 1.165) is 43.5 Å². The van der Waals surface area contributed by atoms with Crippen LogP contribution in [0.25, 0.3) is 0 Å². The van der Waals surface area contributed by atoms with Crippen molar-refractivity contribution in [2.24, 2.45) is 5.92 Å². The lowest BCUT2D eigenvalue weighted by Crippen LogP contribution is -2.64. The SMILES string of the molecule is CCC[N@+]1(COP(=O)([O-])O)CCC[C@@H]2Cc3c(ccc(O)c3O)C[C@H]21. The molecule has 0 radical (unpaired) electrons. The van der Waals surface area contributed by atoms with Crippen LogP contribution in [0.1, 0.15) is 37.3 Å². The van der Waals surface area contributed by atoms with Crippen molar-refractivity contribution >= 4 is 7.82 Å². The molecule has 3 N–H and O–H groups in total. The van der Waals surface area contributed by atoms with Crippen molar-refractivity contribution in [2.75, 3.05) is 19.8 Å². The third-order valence-electron chi connectivity index (χ3n) is 5.83. The Labute approximate surface area is 147 Å². The second-order valence-corrected chi connectivity index (χ2v) is 8.54. The van der Waals surface area contributed by atoms with Crippen LogP contribution in [0.4, 0.5) is 0 Å². The normalized spacial score (nSPS) is 31.0. The first kappa shape index (κ1) is 18.7. The monoisotopic (exact) mass is 371 g/mol. The summed E-state index contributed by atoms with van der Waals surface area (Å²) in [4.78, 5) is 20.2. The van der Waals surface area contributed by atoms with Gasteiger partial charge in [0.05, 0.1) is 19.1 Å². The first-order valence-corrected chi connectivity index (χ1v) is 10.3. The van der Waals surface area contributed by atoms with Crippen LogP contribution < -0.4 is 4.89 Å². The Hall–Kier alpha value is -1.11. The van der Waals surface area contributed by atoms with Gasteiger partial charge in [-0.25, -0.2) is 0 Å². The van der Waals surface area contributed by atoms with Crippen molar-refractivity contribution in [2.45, 2.75) is 45.1 Å². The van der Waals surface area contributed by atoms with Gasteiger partial charge in [-0.3, -0.25) is 13.6 Å². The first-order chi connectivity index (χ1) is 11.8. The molecule has 0 spiro atoms. The molecular formula is C17H26NO6P. The number of nitrogens with zero attached hydrogens (tertiary/aromatic N) is 1. The predicted octanol–water partition coefficient (Wildman–Crippen LogP) is 1.64. The Morgan fingerprint density at radius 2 is 2.12 bits per heavy atom. The van der Waals surface area contributed by atoms with E-state index in [9.17, 15) is 19.7 Å². The lowest BCUT2D eigenvalue weighted by molar-refractivity contribution is -0.973. The van der Waals surface area contributed by atoms with E-state index in [1.165, 1.54) is 6.07 Å². The summed E-state index contributed by atoms with van der Waals surface area (Å²) in [7, 11) is -4.76. The van der Waals surface area contributed by atoms with Gasteiger partial charge in [-0.15, -0.1) is 0 Å². The van der Waals surface area contributed by atoms with Gasteiger partial charge in [-0.05, 0) is 37.3 Å². The number of likely N-dealkylation sites (tertiary alicyclic amines) is 1. The number of piperidine rings is 1. The predicted molar refractivity (Wildman–Crippen MR) is 89.8 cm³/mol. The van der Waals surface area contributed by atoms with Crippen LogP contribution in [0.3, 0.4) is 0 Å². The number of hydrogen-bond donors (Lipinski definition) is 3. The quantitative estimate of drug-likeness (QED) is 0.412. The minimum atomic E-state index is -4.76. The van der Waals surface area contributed by atoms with Gasteiger partial charge < -0.3 is 20.0 Å². The average molecular weight is 371 g/mol. The molecule has 1 fully saturated rings. The number of hydrogen-bond acceptors (Lipinski definition) is 5. The fraction of sp³-hybridized carbons (Fsp3) is 0.647. The van der Waals surface area contributed by atoms with Gasteiger partial charge in [-0.1, -0.05) is 13.0 Å². The highest BCUT2D eigenvalue weighted by atomic mass is 31.2. The molecule has 1 aliphatic carbocycles. The largest absolute Gasteiger partial charge is 0.756 e. The number of phenolic OH excluding ortho intramolecular Hbond substituents is 2. The molecule has 140 valence electrons. The van der Waals surface area contributed by atoms with E-state index < -0.39 is 7.82 Å². The molecule has 7 nitrogen and oxygen atoms in total. The molecule has 0 amide bonds.